The number of hydrogen-bond donors (Lipinski definition) is 6. The normalized spacial score (nSPS) is 17.5. The summed E-state index contributed by atoms with van der Waals surface area (Å²) < 4.78 is 0. The number of carbonyl (C=O) groups is 5. The second-order valence-electron chi connectivity index (χ2n) is 9.24. The van der Waals surface area contributed by atoms with Crippen molar-refractivity contribution in [3.05, 3.63) is 35.9 Å². The summed E-state index contributed by atoms with van der Waals surface area (Å²) in [6, 6.07) is 5.15. The van der Waals surface area contributed by atoms with Gasteiger partial charge in [-0.05, 0) is 44.2 Å². The Hall–Kier alpha value is -3.51. The van der Waals surface area contributed by atoms with Crippen molar-refractivity contribution >= 4 is 29.6 Å². The van der Waals surface area contributed by atoms with Crippen molar-refractivity contribution in [3.8, 4) is 0 Å². The fraction of sp³-hybridized carbons (Fsp3) is 0.560. The standard InChI is InChI=1S/C25H38N6O6/c26-13-5-4-9-17(27)22(33)30-19(15-16-7-2-1-3-8-16)24(35)31-14-6-10-20(31)23(34)29-18(25(36)37)11-12-21(28)32/h1-3,7-8,17-20H,4-6,9-15,26-27H2,(H2,28,32)(H,29,34)(H,30,33)(H,36,37). The van der Waals surface area contributed by atoms with Gasteiger partial charge < -0.3 is 37.8 Å². The van der Waals surface area contributed by atoms with Gasteiger partial charge in [0.25, 0.3) is 0 Å². The number of primary amides is 1. The number of amides is 4. The van der Waals surface area contributed by atoms with Crippen molar-refractivity contribution in [1.29, 1.82) is 0 Å². The van der Waals surface area contributed by atoms with Crippen LogP contribution < -0.4 is 27.8 Å². The molecule has 2 rings (SSSR count). The summed E-state index contributed by atoms with van der Waals surface area (Å²) in [6.45, 7) is 0.771. The minimum absolute atomic E-state index is 0.161. The Morgan fingerprint density at radius 2 is 1.73 bits per heavy atom. The van der Waals surface area contributed by atoms with Crippen molar-refractivity contribution in [2.24, 2.45) is 17.2 Å². The van der Waals surface area contributed by atoms with Crippen molar-refractivity contribution in [3.63, 3.8) is 0 Å². The average Bonchev–Trinajstić information content (AvgIpc) is 3.36. The lowest BCUT2D eigenvalue weighted by atomic mass is 10.0. The summed E-state index contributed by atoms with van der Waals surface area (Å²) in [4.78, 5) is 63.4. The Bertz CT molecular complexity index is 943. The van der Waals surface area contributed by atoms with Crippen LogP contribution in [-0.2, 0) is 30.4 Å². The molecule has 4 atom stereocenters. The predicted octanol–water partition coefficient (Wildman–Crippen LogP) is -1.00. The maximum Gasteiger partial charge on any atom is 0.326 e. The fourth-order valence-electron chi connectivity index (χ4n) is 4.28. The molecule has 0 aromatic heterocycles. The summed E-state index contributed by atoms with van der Waals surface area (Å²) in [5.74, 6) is -3.54. The second-order valence-corrected chi connectivity index (χ2v) is 9.24. The average molecular weight is 519 g/mol. The highest BCUT2D eigenvalue weighted by molar-refractivity contribution is 5.94. The molecule has 0 spiro atoms. The zero-order valence-corrected chi connectivity index (χ0v) is 20.9. The first-order chi connectivity index (χ1) is 17.6. The number of nitrogens with one attached hydrogen (secondary N) is 2. The summed E-state index contributed by atoms with van der Waals surface area (Å²) in [5.41, 5.74) is 17.5. The molecule has 0 saturated carbocycles. The molecule has 204 valence electrons. The van der Waals surface area contributed by atoms with Crippen LogP contribution in [0, 0.1) is 0 Å². The maximum absolute atomic E-state index is 13.6. The van der Waals surface area contributed by atoms with Gasteiger partial charge in [0, 0.05) is 19.4 Å². The maximum atomic E-state index is 13.6. The molecule has 12 nitrogen and oxygen atoms in total. The Morgan fingerprint density at radius 3 is 2.35 bits per heavy atom. The minimum atomic E-state index is -1.32. The van der Waals surface area contributed by atoms with E-state index in [-0.39, 0.29) is 25.8 Å². The van der Waals surface area contributed by atoms with E-state index < -0.39 is 53.8 Å². The molecule has 4 unspecified atom stereocenters. The molecule has 1 saturated heterocycles. The summed E-state index contributed by atoms with van der Waals surface area (Å²) in [7, 11) is 0. The minimum Gasteiger partial charge on any atom is -0.480 e. The van der Waals surface area contributed by atoms with Crippen molar-refractivity contribution in [2.45, 2.75) is 75.5 Å². The molecule has 0 bridgehead atoms. The largest absolute Gasteiger partial charge is 0.480 e. The first kappa shape index (κ1) is 29.7. The zero-order valence-electron chi connectivity index (χ0n) is 20.9. The number of nitrogens with zero attached hydrogens (tertiary/aromatic N) is 1. The lowest BCUT2D eigenvalue weighted by Gasteiger charge is -2.30. The molecule has 0 radical (unpaired) electrons. The van der Waals surface area contributed by atoms with Gasteiger partial charge >= 0.3 is 5.97 Å². The molecule has 4 amide bonds. The molecular weight excluding hydrogens is 480 g/mol. The number of benzene rings is 1. The van der Waals surface area contributed by atoms with Crippen LogP contribution in [0.4, 0.5) is 0 Å². The fourth-order valence-corrected chi connectivity index (χ4v) is 4.28. The Kier molecular flexibility index (Phi) is 12.0. The van der Waals surface area contributed by atoms with Crippen LogP contribution in [0.1, 0.15) is 50.5 Å². The Morgan fingerprint density at radius 1 is 1.03 bits per heavy atom. The molecule has 1 aromatic carbocycles. The van der Waals surface area contributed by atoms with E-state index >= 15 is 0 Å². The van der Waals surface area contributed by atoms with Crippen molar-refractivity contribution in [2.75, 3.05) is 13.1 Å². The lowest BCUT2D eigenvalue weighted by Crippen LogP contribution is -2.57. The third kappa shape index (κ3) is 9.47. The summed E-state index contributed by atoms with van der Waals surface area (Å²) in [5, 5.41) is 14.6. The zero-order chi connectivity index (χ0) is 27.4. The third-order valence-corrected chi connectivity index (χ3v) is 6.34. The van der Waals surface area contributed by atoms with Gasteiger partial charge in [-0.15, -0.1) is 0 Å². The van der Waals surface area contributed by atoms with Crippen LogP contribution in [-0.4, -0.2) is 76.9 Å². The monoisotopic (exact) mass is 518 g/mol. The highest BCUT2D eigenvalue weighted by Crippen LogP contribution is 2.20. The van der Waals surface area contributed by atoms with Gasteiger partial charge in [0.2, 0.25) is 23.6 Å². The van der Waals surface area contributed by atoms with Gasteiger partial charge in [0.1, 0.15) is 18.1 Å². The van der Waals surface area contributed by atoms with Gasteiger partial charge in [-0.25, -0.2) is 4.79 Å². The number of rotatable bonds is 15. The van der Waals surface area contributed by atoms with Gasteiger partial charge in [0.05, 0.1) is 6.04 Å². The van der Waals surface area contributed by atoms with Crippen LogP contribution in [0.5, 0.6) is 0 Å². The van der Waals surface area contributed by atoms with E-state index in [1.165, 1.54) is 4.90 Å². The van der Waals surface area contributed by atoms with E-state index in [0.29, 0.717) is 32.2 Å². The molecule has 1 heterocycles. The van der Waals surface area contributed by atoms with Crippen LogP contribution in [0.25, 0.3) is 0 Å². The molecule has 1 fully saturated rings. The van der Waals surface area contributed by atoms with Crippen LogP contribution in [0.2, 0.25) is 0 Å². The number of hydrogen-bond acceptors (Lipinski definition) is 7. The number of aliphatic carboxylic acids is 1. The third-order valence-electron chi connectivity index (χ3n) is 6.34. The number of carboxylic acid groups (broad SMARTS) is 1. The Labute approximate surface area is 216 Å². The molecule has 12 heteroatoms. The molecule has 1 aliphatic heterocycles. The van der Waals surface area contributed by atoms with E-state index in [1.807, 2.05) is 30.3 Å². The molecule has 1 aromatic rings. The summed E-state index contributed by atoms with van der Waals surface area (Å²) >= 11 is 0. The second kappa shape index (κ2) is 14.9. The highest BCUT2D eigenvalue weighted by Gasteiger charge is 2.39. The topological polar surface area (TPSA) is 211 Å². The predicted molar refractivity (Wildman–Crippen MR) is 136 cm³/mol. The van der Waals surface area contributed by atoms with E-state index in [0.717, 1.165) is 12.0 Å². The molecule has 0 aliphatic carbocycles. The van der Waals surface area contributed by atoms with Crippen LogP contribution in [0.15, 0.2) is 30.3 Å². The van der Waals surface area contributed by atoms with Crippen LogP contribution in [0.3, 0.4) is 0 Å². The quantitative estimate of drug-likeness (QED) is 0.158. The summed E-state index contributed by atoms with van der Waals surface area (Å²) in [6.07, 6.45) is 2.53. The van der Waals surface area contributed by atoms with Crippen molar-refractivity contribution in [1.82, 2.24) is 15.5 Å². The first-order valence-corrected chi connectivity index (χ1v) is 12.6. The number of carboxylic acids is 1. The van der Waals surface area contributed by atoms with E-state index in [2.05, 4.69) is 10.6 Å². The van der Waals surface area contributed by atoms with Gasteiger partial charge in [-0.1, -0.05) is 36.8 Å². The number of nitrogens with two attached hydrogens (primary N) is 3. The van der Waals surface area contributed by atoms with Gasteiger partial charge in [0.15, 0.2) is 0 Å². The Balaban J connectivity index is 2.16. The lowest BCUT2D eigenvalue weighted by molar-refractivity contribution is -0.145. The number of carbonyl (C=O) groups excluding carboxylic acids is 4. The van der Waals surface area contributed by atoms with Crippen molar-refractivity contribution < 1.29 is 29.1 Å². The van der Waals surface area contributed by atoms with E-state index in [9.17, 15) is 29.1 Å². The van der Waals surface area contributed by atoms with Gasteiger partial charge in [-0.3, -0.25) is 19.2 Å². The molecule has 9 N–H and O–H groups in total. The van der Waals surface area contributed by atoms with Crippen LogP contribution >= 0.6 is 0 Å². The SMILES string of the molecule is NCCCCC(N)C(=O)NC(Cc1ccccc1)C(=O)N1CCCC1C(=O)NC(CCC(N)=O)C(=O)O. The highest BCUT2D eigenvalue weighted by atomic mass is 16.4. The number of likely N-dealkylation sites (tertiary alicyclic amines) is 1. The molecule has 1 aliphatic rings. The van der Waals surface area contributed by atoms with E-state index in [1.54, 1.807) is 0 Å². The molecule has 37 heavy (non-hydrogen) atoms. The van der Waals surface area contributed by atoms with Gasteiger partial charge in [-0.2, -0.15) is 0 Å². The van der Waals surface area contributed by atoms with E-state index in [4.69, 9.17) is 17.2 Å². The smallest absolute Gasteiger partial charge is 0.326 e. The molecular formula is C25H38N6O6. The first-order valence-electron chi connectivity index (χ1n) is 12.6. The number of unbranched alkanes of at least 4 members (excludes halogenated alkanes) is 1.